The van der Waals surface area contributed by atoms with Crippen LogP contribution in [0.2, 0.25) is 0 Å². The van der Waals surface area contributed by atoms with Crippen molar-refractivity contribution in [2.75, 3.05) is 7.11 Å². The Bertz CT molecular complexity index is 501. The first-order valence-corrected chi connectivity index (χ1v) is 4.47. The number of carbonyl (C=O) groups excluding carboxylic acids is 1. The van der Waals surface area contributed by atoms with E-state index in [9.17, 15) is 4.79 Å². The van der Waals surface area contributed by atoms with Crippen LogP contribution in [-0.4, -0.2) is 32.8 Å². The molecule has 2 aromatic rings. The van der Waals surface area contributed by atoms with E-state index in [2.05, 4.69) is 19.9 Å². The minimum Gasteiger partial charge on any atom is -0.481 e. The molecule has 0 aliphatic rings. The Morgan fingerprint density at radius 2 is 1.94 bits per heavy atom. The van der Waals surface area contributed by atoms with Gasteiger partial charge in [-0.3, -0.25) is 4.79 Å². The highest BCUT2D eigenvalue weighted by atomic mass is 16.5. The predicted octanol–water partition coefficient (Wildman–Crippen LogP) is 0.506. The summed E-state index contributed by atoms with van der Waals surface area (Å²) in [4.78, 5) is 27.1. The first kappa shape index (κ1) is 10.2. The van der Waals surface area contributed by atoms with Crippen molar-refractivity contribution in [1.82, 2.24) is 19.9 Å². The molecule has 2 heterocycles. The Morgan fingerprint density at radius 1 is 1.19 bits per heavy atom. The molecule has 0 aliphatic carbocycles. The van der Waals surface area contributed by atoms with Crippen LogP contribution >= 0.6 is 0 Å². The van der Waals surface area contributed by atoms with E-state index in [1.165, 1.54) is 38.2 Å². The predicted molar refractivity (Wildman–Crippen MR) is 54.0 cm³/mol. The Balaban J connectivity index is 2.34. The van der Waals surface area contributed by atoms with Gasteiger partial charge in [-0.05, 0) is 0 Å². The van der Waals surface area contributed by atoms with E-state index in [-0.39, 0.29) is 11.5 Å². The minimum atomic E-state index is -0.263. The molecule has 0 saturated carbocycles. The van der Waals surface area contributed by atoms with E-state index >= 15 is 0 Å². The van der Waals surface area contributed by atoms with Gasteiger partial charge in [0.15, 0.2) is 0 Å². The number of hydrogen-bond acceptors (Lipinski definition) is 6. The lowest BCUT2D eigenvalue weighted by atomic mass is 10.1. The molecule has 0 atom stereocenters. The molecule has 80 valence electrons. The summed E-state index contributed by atoms with van der Waals surface area (Å²) in [6.45, 7) is 0. The highest BCUT2D eigenvalue weighted by Gasteiger charge is 2.12. The van der Waals surface area contributed by atoms with Crippen molar-refractivity contribution < 1.29 is 9.53 Å². The van der Waals surface area contributed by atoms with Crippen LogP contribution in [-0.2, 0) is 0 Å². The second kappa shape index (κ2) is 4.43. The first-order valence-electron chi connectivity index (χ1n) is 4.47. The molecule has 0 amide bonds. The molecule has 0 aromatic carbocycles. The van der Waals surface area contributed by atoms with E-state index < -0.39 is 0 Å². The van der Waals surface area contributed by atoms with E-state index in [0.29, 0.717) is 11.4 Å². The normalized spacial score (nSPS) is 9.81. The van der Waals surface area contributed by atoms with Gasteiger partial charge in [-0.2, -0.15) is 0 Å². The lowest BCUT2D eigenvalue weighted by Gasteiger charge is -2.01. The Hall–Kier alpha value is -2.37. The second-order valence-electron chi connectivity index (χ2n) is 2.90. The molecule has 0 radical (unpaired) electrons. The zero-order valence-corrected chi connectivity index (χ0v) is 8.49. The number of ether oxygens (including phenoxy) is 1. The summed E-state index contributed by atoms with van der Waals surface area (Å²) in [6.07, 6.45) is 5.50. The standard InChI is InChI=1S/C10H8N4O2/c1-16-9-2-8(13-6-14-9)10(15)7-3-11-5-12-4-7/h2-6H,1H3. The maximum Gasteiger partial charge on any atom is 0.216 e. The molecule has 0 bridgehead atoms. The maximum atomic E-state index is 11.9. The second-order valence-corrected chi connectivity index (χ2v) is 2.90. The zero-order valence-electron chi connectivity index (χ0n) is 8.49. The maximum absolute atomic E-state index is 11.9. The molecule has 6 heteroatoms. The fourth-order valence-corrected chi connectivity index (χ4v) is 1.14. The summed E-state index contributed by atoms with van der Waals surface area (Å²) in [7, 11) is 1.47. The number of aromatic nitrogens is 4. The Labute approximate surface area is 91.4 Å². The highest BCUT2D eigenvalue weighted by Crippen LogP contribution is 2.09. The van der Waals surface area contributed by atoms with Gasteiger partial charge < -0.3 is 4.74 Å². The average molecular weight is 216 g/mol. The van der Waals surface area contributed by atoms with Crippen molar-refractivity contribution in [3.05, 3.63) is 42.4 Å². The fourth-order valence-electron chi connectivity index (χ4n) is 1.14. The number of rotatable bonds is 3. The molecule has 2 rings (SSSR count). The average Bonchev–Trinajstić information content (AvgIpc) is 2.39. The molecule has 0 unspecified atom stereocenters. The van der Waals surface area contributed by atoms with Gasteiger partial charge in [0.1, 0.15) is 18.3 Å². The highest BCUT2D eigenvalue weighted by molar-refractivity contribution is 6.07. The van der Waals surface area contributed by atoms with Crippen LogP contribution in [0.5, 0.6) is 5.88 Å². The first-order chi connectivity index (χ1) is 7.81. The van der Waals surface area contributed by atoms with E-state index in [1.807, 2.05) is 0 Å². The fraction of sp³-hybridized carbons (Fsp3) is 0.100. The molecule has 0 N–H and O–H groups in total. The molecular weight excluding hydrogens is 208 g/mol. The molecule has 16 heavy (non-hydrogen) atoms. The van der Waals surface area contributed by atoms with Crippen molar-refractivity contribution in [1.29, 1.82) is 0 Å². The molecule has 2 aromatic heterocycles. The summed E-state index contributed by atoms with van der Waals surface area (Å²) in [5.74, 6) is 0.0801. The third kappa shape index (κ3) is 2.00. The van der Waals surface area contributed by atoms with Crippen LogP contribution in [0.3, 0.4) is 0 Å². The van der Waals surface area contributed by atoms with Crippen LogP contribution in [0, 0.1) is 0 Å². The van der Waals surface area contributed by atoms with Gasteiger partial charge in [0.05, 0.1) is 12.7 Å². The monoisotopic (exact) mass is 216 g/mol. The van der Waals surface area contributed by atoms with E-state index in [1.54, 1.807) is 0 Å². The minimum absolute atomic E-state index is 0.252. The lowest BCUT2D eigenvalue weighted by molar-refractivity contribution is 0.103. The van der Waals surface area contributed by atoms with Crippen molar-refractivity contribution in [3.8, 4) is 5.88 Å². The van der Waals surface area contributed by atoms with Crippen molar-refractivity contribution in [2.45, 2.75) is 0 Å². The molecular formula is C10H8N4O2. The topological polar surface area (TPSA) is 77.9 Å². The van der Waals surface area contributed by atoms with Crippen LogP contribution < -0.4 is 4.74 Å². The SMILES string of the molecule is COc1cc(C(=O)c2cncnc2)ncn1. The van der Waals surface area contributed by atoms with Crippen LogP contribution in [0.1, 0.15) is 16.1 Å². The van der Waals surface area contributed by atoms with Gasteiger partial charge in [0, 0.05) is 18.5 Å². The van der Waals surface area contributed by atoms with Crippen LogP contribution in [0.25, 0.3) is 0 Å². The summed E-state index contributed by atoms with van der Waals surface area (Å²) in [5.41, 5.74) is 0.630. The largest absolute Gasteiger partial charge is 0.481 e. The van der Waals surface area contributed by atoms with Gasteiger partial charge in [-0.25, -0.2) is 19.9 Å². The summed E-state index contributed by atoms with van der Waals surface area (Å²) in [6, 6.07) is 1.47. The van der Waals surface area contributed by atoms with Crippen molar-refractivity contribution in [3.63, 3.8) is 0 Å². The quantitative estimate of drug-likeness (QED) is 0.695. The number of hydrogen-bond donors (Lipinski definition) is 0. The van der Waals surface area contributed by atoms with Crippen LogP contribution in [0.4, 0.5) is 0 Å². The van der Waals surface area contributed by atoms with Gasteiger partial charge in [-0.15, -0.1) is 0 Å². The molecule has 0 saturated heterocycles. The van der Waals surface area contributed by atoms with Gasteiger partial charge in [0.2, 0.25) is 11.7 Å². The van der Waals surface area contributed by atoms with Gasteiger partial charge in [-0.1, -0.05) is 0 Å². The number of nitrogens with zero attached hydrogens (tertiary/aromatic N) is 4. The van der Waals surface area contributed by atoms with E-state index in [4.69, 9.17) is 4.74 Å². The van der Waals surface area contributed by atoms with Crippen molar-refractivity contribution >= 4 is 5.78 Å². The number of ketones is 1. The molecule has 0 spiro atoms. The number of methoxy groups -OCH3 is 1. The third-order valence-electron chi connectivity index (χ3n) is 1.91. The van der Waals surface area contributed by atoms with Crippen molar-refractivity contribution in [2.24, 2.45) is 0 Å². The smallest absolute Gasteiger partial charge is 0.216 e. The third-order valence-corrected chi connectivity index (χ3v) is 1.91. The zero-order chi connectivity index (χ0) is 11.4. The summed E-state index contributed by atoms with van der Waals surface area (Å²) in [5, 5.41) is 0. The Kier molecular flexibility index (Phi) is 2.81. The molecule has 0 fully saturated rings. The number of carbonyl (C=O) groups is 1. The summed E-state index contributed by atoms with van der Waals surface area (Å²) < 4.78 is 4.91. The Morgan fingerprint density at radius 3 is 2.62 bits per heavy atom. The lowest BCUT2D eigenvalue weighted by Crippen LogP contribution is -2.05. The van der Waals surface area contributed by atoms with Gasteiger partial charge in [0.25, 0.3) is 0 Å². The van der Waals surface area contributed by atoms with E-state index in [0.717, 1.165) is 0 Å². The van der Waals surface area contributed by atoms with Crippen LogP contribution in [0.15, 0.2) is 31.1 Å². The molecule has 0 aliphatic heterocycles. The summed E-state index contributed by atoms with van der Waals surface area (Å²) >= 11 is 0. The molecule has 6 nitrogen and oxygen atoms in total. The van der Waals surface area contributed by atoms with Gasteiger partial charge >= 0.3 is 0 Å².